The topological polar surface area (TPSA) is 67.6 Å². The van der Waals surface area contributed by atoms with Crippen molar-refractivity contribution in [3.05, 3.63) is 18.2 Å². The highest BCUT2D eigenvalue weighted by molar-refractivity contribution is 5.76. The van der Waals surface area contributed by atoms with Crippen LogP contribution in [0.2, 0.25) is 0 Å². The Hall–Kier alpha value is -1.91. The van der Waals surface area contributed by atoms with Crippen LogP contribution in [0.15, 0.2) is 18.2 Å². The lowest BCUT2D eigenvalue weighted by atomic mass is 10.2. The minimum atomic E-state index is 0.0757. The van der Waals surface area contributed by atoms with Crippen LogP contribution in [0.3, 0.4) is 0 Å². The quantitative estimate of drug-likeness (QED) is 0.723. The van der Waals surface area contributed by atoms with Crippen LogP contribution in [0.1, 0.15) is 34.1 Å². The van der Waals surface area contributed by atoms with E-state index >= 15 is 0 Å². The zero-order valence-electron chi connectivity index (χ0n) is 13.5. The van der Waals surface area contributed by atoms with Gasteiger partial charge in [0.2, 0.25) is 5.91 Å². The Morgan fingerprint density at radius 1 is 1.33 bits per heavy atom. The van der Waals surface area contributed by atoms with Gasteiger partial charge in [-0.2, -0.15) is 0 Å². The molecule has 0 saturated carbocycles. The standard InChI is InChI=1S/C16H27N3O2/c1-5-19(6-2)16(20)9-10-18-13-7-8-14(17)15(11-13)21-12(3)4/h7-8,11-12,18H,5-6,9-10,17H2,1-4H3. The lowest BCUT2D eigenvalue weighted by molar-refractivity contribution is -0.130. The SMILES string of the molecule is CCN(CC)C(=O)CCNc1ccc(N)c(OC(C)C)c1. The van der Waals surface area contributed by atoms with Crippen LogP contribution in [0, 0.1) is 0 Å². The van der Waals surface area contributed by atoms with Crippen LogP contribution in [-0.2, 0) is 4.79 Å². The van der Waals surface area contributed by atoms with E-state index in [4.69, 9.17) is 10.5 Å². The summed E-state index contributed by atoms with van der Waals surface area (Å²) in [6.07, 6.45) is 0.554. The summed E-state index contributed by atoms with van der Waals surface area (Å²) in [5.74, 6) is 0.840. The molecule has 21 heavy (non-hydrogen) atoms. The maximum atomic E-state index is 11.9. The number of anilines is 2. The van der Waals surface area contributed by atoms with Crippen molar-refractivity contribution in [2.75, 3.05) is 30.7 Å². The van der Waals surface area contributed by atoms with E-state index in [2.05, 4.69) is 5.32 Å². The fourth-order valence-corrected chi connectivity index (χ4v) is 2.05. The van der Waals surface area contributed by atoms with Gasteiger partial charge in [-0.3, -0.25) is 4.79 Å². The number of hydrogen-bond donors (Lipinski definition) is 2. The van der Waals surface area contributed by atoms with Crippen molar-refractivity contribution in [3.8, 4) is 5.75 Å². The molecule has 0 atom stereocenters. The molecule has 1 rings (SSSR count). The average molecular weight is 293 g/mol. The summed E-state index contributed by atoms with van der Waals surface area (Å²) in [6.45, 7) is 10.0. The van der Waals surface area contributed by atoms with Crippen LogP contribution >= 0.6 is 0 Å². The summed E-state index contributed by atoms with van der Waals surface area (Å²) >= 11 is 0. The number of ether oxygens (including phenoxy) is 1. The molecule has 118 valence electrons. The van der Waals surface area contributed by atoms with E-state index in [0.29, 0.717) is 24.4 Å². The van der Waals surface area contributed by atoms with Gasteiger partial charge in [0.05, 0.1) is 11.8 Å². The van der Waals surface area contributed by atoms with E-state index in [0.717, 1.165) is 18.8 Å². The Balaban J connectivity index is 2.54. The van der Waals surface area contributed by atoms with Crippen LogP contribution in [0.5, 0.6) is 5.75 Å². The summed E-state index contributed by atoms with van der Waals surface area (Å²) in [5, 5.41) is 3.24. The minimum Gasteiger partial charge on any atom is -0.489 e. The number of carbonyl (C=O) groups excluding carboxylic acids is 1. The van der Waals surface area contributed by atoms with Crippen molar-refractivity contribution in [2.45, 2.75) is 40.2 Å². The molecular weight excluding hydrogens is 266 g/mol. The van der Waals surface area contributed by atoms with Gasteiger partial charge in [0.25, 0.3) is 0 Å². The molecule has 1 aromatic carbocycles. The largest absolute Gasteiger partial charge is 0.489 e. The van der Waals surface area contributed by atoms with E-state index in [1.807, 2.05) is 50.8 Å². The first-order chi connectivity index (χ1) is 9.97. The van der Waals surface area contributed by atoms with Crippen LogP contribution < -0.4 is 15.8 Å². The molecule has 0 radical (unpaired) electrons. The van der Waals surface area contributed by atoms with E-state index < -0.39 is 0 Å². The first-order valence-electron chi connectivity index (χ1n) is 7.55. The van der Waals surface area contributed by atoms with E-state index in [9.17, 15) is 4.79 Å². The molecule has 0 spiro atoms. The van der Waals surface area contributed by atoms with Crippen molar-refractivity contribution < 1.29 is 9.53 Å². The predicted octanol–water partition coefficient (Wildman–Crippen LogP) is 2.73. The molecule has 0 bridgehead atoms. The minimum absolute atomic E-state index is 0.0757. The second-order valence-corrected chi connectivity index (χ2v) is 5.16. The molecule has 0 aromatic heterocycles. The van der Waals surface area contributed by atoms with Gasteiger partial charge in [0.15, 0.2) is 0 Å². The first kappa shape index (κ1) is 17.1. The summed E-state index contributed by atoms with van der Waals surface area (Å²) in [6, 6.07) is 5.58. The fraction of sp³-hybridized carbons (Fsp3) is 0.562. The van der Waals surface area contributed by atoms with Gasteiger partial charge < -0.3 is 20.7 Å². The molecule has 5 nitrogen and oxygen atoms in total. The zero-order valence-corrected chi connectivity index (χ0v) is 13.5. The van der Waals surface area contributed by atoms with Crippen molar-refractivity contribution in [2.24, 2.45) is 0 Å². The van der Waals surface area contributed by atoms with Gasteiger partial charge in [-0.15, -0.1) is 0 Å². The molecule has 0 heterocycles. The third kappa shape index (κ3) is 5.53. The summed E-state index contributed by atoms with van der Waals surface area (Å²) in [4.78, 5) is 13.7. The number of hydrogen-bond acceptors (Lipinski definition) is 4. The fourth-order valence-electron chi connectivity index (χ4n) is 2.05. The van der Waals surface area contributed by atoms with Crippen molar-refractivity contribution in [3.63, 3.8) is 0 Å². The molecule has 0 aliphatic carbocycles. The maximum Gasteiger partial charge on any atom is 0.224 e. The van der Waals surface area contributed by atoms with Crippen LogP contribution in [0.4, 0.5) is 11.4 Å². The van der Waals surface area contributed by atoms with E-state index in [1.54, 1.807) is 0 Å². The lowest BCUT2D eigenvalue weighted by Crippen LogP contribution is -2.31. The summed E-state index contributed by atoms with van der Waals surface area (Å²) in [5.41, 5.74) is 7.41. The molecule has 1 amide bonds. The van der Waals surface area contributed by atoms with Crippen LogP contribution in [0.25, 0.3) is 0 Å². The van der Waals surface area contributed by atoms with E-state index in [-0.39, 0.29) is 12.0 Å². The highest BCUT2D eigenvalue weighted by Crippen LogP contribution is 2.26. The highest BCUT2D eigenvalue weighted by Gasteiger charge is 2.09. The van der Waals surface area contributed by atoms with Crippen molar-refractivity contribution >= 4 is 17.3 Å². The molecule has 3 N–H and O–H groups in total. The second-order valence-electron chi connectivity index (χ2n) is 5.16. The lowest BCUT2D eigenvalue weighted by Gasteiger charge is -2.19. The number of nitrogens with zero attached hydrogens (tertiary/aromatic N) is 1. The highest BCUT2D eigenvalue weighted by atomic mass is 16.5. The Labute approximate surface area is 127 Å². The second kappa shape index (κ2) is 8.39. The third-order valence-corrected chi connectivity index (χ3v) is 3.16. The van der Waals surface area contributed by atoms with E-state index in [1.165, 1.54) is 0 Å². The van der Waals surface area contributed by atoms with Gasteiger partial charge in [-0.25, -0.2) is 0 Å². The molecular formula is C16H27N3O2. The number of nitrogen functional groups attached to an aromatic ring is 1. The van der Waals surface area contributed by atoms with Gasteiger partial charge in [-0.1, -0.05) is 0 Å². The Morgan fingerprint density at radius 2 is 2.00 bits per heavy atom. The monoisotopic (exact) mass is 293 g/mol. The van der Waals surface area contributed by atoms with Gasteiger partial charge >= 0.3 is 0 Å². The van der Waals surface area contributed by atoms with Gasteiger partial charge in [-0.05, 0) is 39.8 Å². The zero-order chi connectivity index (χ0) is 15.8. The predicted molar refractivity (Wildman–Crippen MR) is 87.7 cm³/mol. The molecule has 0 aliphatic heterocycles. The summed E-state index contributed by atoms with van der Waals surface area (Å²) < 4.78 is 5.65. The number of amides is 1. The normalized spacial score (nSPS) is 10.5. The molecule has 0 unspecified atom stereocenters. The Bertz CT molecular complexity index is 457. The van der Waals surface area contributed by atoms with Crippen molar-refractivity contribution in [1.82, 2.24) is 4.90 Å². The Kier molecular flexibility index (Phi) is 6.85. The first-order valence-corrected chi connectivity index (χ1v) is 7.55. The molecule has 0 aliphatic rings. The third-order valence-electron chi connectivity index (χ3n) is 3.16. The molecule has 0 fully saturated rings. The van der Waals surface area contributed by atoms with Crippen molar-refractivity contribution in [1.29, 1.82) is 0 Å². The number of nitrogens with one attached hydrogen (secondary N) is 1. The van der Waals surface area contributed by atoms with Gasteiger partial charge in [0, 0.05) is 37.8 Å². The number of nitrogens with two attached hydrogens (primary N) is 1. The average Bonchev–Trinajstić information content (AvgIpc) is 2.43. The number of rotatable bonds is 8. The number of carbonyl (C=O) groups is 1. The molecule has 0 saturated heterocycles. The Morgan fingerprint density at radius 3 is 2.57 bits per heavy atom. The summed E-state index contributed by atoms with van der Waals surface area (Å²) in [7, 11) is 0. The maximum absolute atomic E-state index is 11.9. The van der Waals surface area contributed by atoms with Gasteiger partial charge in [0.1, 0.15) is 5.75 Å². The smallest absolute Gasteiger partial charge is 0.224 e. The number of benzene rings is 1. The molecule has 1 aromatic rings. The molecule has 5 heteroatoms. The van der Waals surface area contributed by atoms with Crippen LogP contribution in [-0.4, -0.2) is 36.5 Å².